The second-order valence-electron chi connectivity index (χ2n) is 8.33. The molecule has 2 fully saturated rings. The summed E-state index contributed by atoms with van der Waals surface area (Å²) in [5.74, 6) is -3.42. The van der Waals surface area contributed by atoms with Crippen molar-refractivity contribution in [1.29, 1.82) is 0 Å². The van der Waals surface area contributed by atoms with E-state index < -0.39 is 41.2 Å². The van der Waals surface area contributed by atoms with Crippen molar-refractivity contribution in [2.45, 2.75) is 11.6 Å². The molecule has 0 spiro atoms. The minimum absolute atomic E-state index is 0.394. The third kappa shape index (κ3) is 3.33. The Morgan fingerprint density at radius 2 is 1.62 bits per heavy atom. The van der Waals surface area contributed by atoms with Gasteiger partial charge in [0.05, 0.1) is 24.6 Å². The number of rotatable bonds is 4. The molecular formula is C26H20Cl2N2O4. The van der Waals surface area contributed by atoms with Crippen LogP contribution in [0, 0.1) is 11.8 Å². The van der Waals surface area contributed by atoms with Crippen molar-refractivity contribution in [3.63, 3.8) is 0 Å². The number of amides is 2. The van der Waals surface area contributed by atoms with E-state index in [0.717, 1.165) is 4.90 Å². The van der Waals surface area contributed by atoms with Crippen LogP contribution < -0.4 is 10.2 Å². The Labute approximate surface area is 206 Å². The lowest BCUT2D eigenvalue weighted by molar-refractivity contribution is -0.152. The van der Waals surface area contributed by atoms with E-state index in [2.05, 4.69) is 5.32 Å². The van der Waals surface area contributed by atoms with E-state index in [4.69, 9.17) is 27.9 Å². The number of benzene rings is 3. The van der Waals surface area contributed by atoms with Crippen molar-refractivity contribution in [3.05, 3.63) is 100 Å². The van der Waals surface area contributed by atoms with Gasteiger partial charge in [0.2, 0.25) is 11.8 Å². The second-order valence-corrected chi connectivity index (χ2v) is 9.21. The fourth-order valence-corrected chi connectivity index (χ4v) is 5.50. The highest BCUT2D eigenvalue weighted by atomic mass is 35.5. The van der Waals surface area contributed by atoms with Crippen LogP contribution in [0.5, 0.6) is 0 Å². The van der Waals surface area contributed by atoms with Gasteiger partial charge in [-0.1, -0.05) is 65.7 Å². The molecule has 2 aliphatic rings. The number of hydrogen-bond donors (Lipinski definition) is 1. The maximum atomic E-state index is 13.9. The van der Waals surface area contributed by atoms with Crippen LogP contribution in [0.3, 0.4) is 0 Å². The quantitative estimate of drug-likeness (QED) is 0.426. The number of carbonyl (C=O) groups excluding carboxylic acids is 3. The van der Waals surface area contributed by atoms with E-state index in [9.17, 15) is 14.4 Å². The van der Waals surface area contributed by atoms with Crippen molar-refractivity contribution in [2.24, 2.45) is 11.8 Å². The Kier molecular flexibility index (Phi) is 5.68. The topological polar surface area (TPSA) is 75.7 Å². The number of carbonyl (C=O) groups is 3. The molecule has 0 bridgehead atoms. The standard InChI is InChI=1S/C26H20Cl2N2O4/c1-34-25(33)26(16-7-3-2-4-8-16)21-20(22(29-26)15-6-5-9-18(28)14-15)23(31)30(24(21)32)19-12-10-17(27)11-13-19/h2-14,20-22,29H,1H3/t20-,21-,22-,26-/m1/s1. The van der Waals surface area contributed by atoms with Crippen molar-refractivity contribution in [3.8, 4) is 0 Å². The molecule has 8 heteroatoms. The molecule has 5 rings (SSSR count). The summed E-state index contributed by atoms with van der Waals surface area (Å²) in [4.78, 5) is 42.4. The first-order chi connectivity index (χ1) is 16.4. The van der Waals surface area contributed by atoms with Gasteiger partial charge >= 0.3 is 5.97 Å². The molecule has 2 heterocycles. The van der Waals surface area contributed by atoms with Gasteiger partial charge in [0.1, 0.15) is 0 Å². The van der Waals surface area contributed by atoms with E-state index in [1.54, 1.807) is 66.7 Å². The minimum atomic E-state index is -1.57. The molecule has 0 radical (unpaired) electrons. The first kappa shape index (κ1) is 22.6. The number of halogens is 2. The van der Waals surface area contributed by atoms with Crippen molar-refractivity contribution < 1.29 is 19.1 Å². The van der Waals surface area contributed by atoms with Gasteiger partial charge in [-0.25, -0.2) is 9.69 Å². The number of nitrogens with zero attached hydrogens (tertiary/aromatic N) is 1. The molecule has 172 valence electrons. The number of anilines is 1. The minimum Gasteiger partial charge on any atom is -0.467 e. The van der Waals surface area contributed by atoms with Crippen LogP contribution in [0.4, 0.5) is 5.69 Å². The van der Waals surface area contributed by atoms with Gasteiger partial charge < -0.3 is 4.74 Å². The number of esters is 1. The van der Waals surface area contributed by atoms with Gasteiger partial charge in [0, 0.05) is 16.1 Å². The lowest BCUT2D eigenvalue weighted by Crippen LogP contribution is -2.53. The molecule has 2 aliphatic heterocycles. The van der Waals surface area contributed by atoms with Gasteiger partial charge in [0.15, 0.2) is 5.54 Å². The van der Waals surface area contributed by atoms with Crippen LogP contribution in [0.25, 0.3) is 0 Å². The average Bonchev–Trinajstić information content (AvgIpc) is 3.34. The molecule has 6 nitrogen and oxygen atoms in total. The molecule has 0 saturated carbocycles. The van der Waals surface area contributed by atoms with Gasteiger partial charge in [-0.3, -0.25) is 14.9 Å². The zero-order chi connectivity index (χ0) is 24.0. The zero-order valence-corrected chi connectivity index (χ0v) is 19.6. The number of imide groups is 1. The third-order valence-electron chi connectivity index (χ3n) is 6.59. The molecule has 0 aliphatic carbocycles. The van der Waals surface area contributed by atoms with Gasteiger partial charge in [-0.05, 0) is 47.5 Å². The van der Waals surface area contributed by atoms with Crippen molar-refractivity contribution in [1.82, 2.24) is 5.32 Å². The zero-order valence-electron chi connectivity index (χ0n) is 18.1. The lowest BCUT2D eigenvalue weighted by Gasteiger charge is -2.33. The van der Waals surface area contributed by atoms with Gasteiger partial charge in [-0.15, -0.1) is 0 Å². The Bertz CT molecular complexity index is 1280. The molecule has 2 saturated heterocycles. The number of nitrogens with one attached hydrogen (secondary N) is 1. The molecule has 4 atom stereocenters. The summed E-state index contributed by atoms with van der Waals surface area (Å²) >= 11 is 12.3. The third-order valence-corrected chi connectivity index (χ3v) is 7.08. The number of ether oxygens (including phenoxy) is 1. The summed E-state index contributed by atoms with van der Waals surface area (Å²) in [7, 11) is 1.27. The summed E-state index contributed by atoms with van der Waals surface area (Å²) in [6.07, 6.45) is 0. The van der Waals surface area contributed by atoms with Crippen molar-refractivity contribution in [2.75, 3.05) is 12.0 Å². The van der Waals surface area contributed by atoms with Crippen molar-refractivity contribution >= 4 is 46.7 Å². The Balaban J connectivity index is 1.73. The maximum absolute atomic E-state index is 13.9. The highest BCUT2D eigenvalue weighted by molar-refractivity contribution is 6.31. The van der Waals surface area contributed by atoms with E-state index in [0.29, 0.717) is 26.9 Å². The highest BCUT2D eigenvalue weighted by Crippen LogP contribution is 2.54. The first-order valence-corrected chi connectivity index (χ1v) is 11.4. The molecule has 2 amide bonds. The molecule has 34 heavy (non-hydrogen) atoms. The SMILES string of the molecule is COC(=O)[C@]1(c2ccccc2)N[C@H](c2cccc(Cl)c2)[C@@H]2C(=O)N(c3ccc(Cl)cc3)C(=O)[C@@H]21. The molecule has 0 aromatic heterocycles. The largest absolute Gasteiger partial charge is 0.467 e. The summed E-state index contributed by atoms with van der Waals surface area (Å²) in [5.41, 5.74) is 0.0657. The van der Waals surface area contributed by atoms with Crippen LogP contribution in [0.1, 0.15) is 17.2 Å². The van der Waals surface area contributed by atoms with E-state index in [-0.39, 0.29) is 0 Å². The smallest absolute Gasteiger partial charge is 0.331 e. The van der Waals surface area contributed by atoms with E-state index in [1.165, 1.54) is 7.11 Å². The van der Waals surface area contributed by atoms with Crippen LogP contribution in [-0.2, 0) is 24.7 Å². The Morgan fingerprint density at radius 1 is 0.912 bits per heavy atom. The molecule has 1 N–H and O–H groups in total. The fraction of sp³-hybridized carbons (Fsp3) is 0.192. The average molecular weight is 495 g/mol. The van der Waals surface area contributed by atoms with Crippen LogP contribution in [0.2, 0.25) is 10.0 Å². The van der Waals surface area contributed by atoms with E-state index >= 15 is 0 Å². The second kappa shape index (κ2) is 8.55. The Hall–Kier alpha value is -3.19. The summed E-state index contributed by atoms with van der Waals surface area (Å²) in [6, 6.07) is 21.7. The maximum Gasteiger partial charge on any atom is 0.331 e. The summed E-state index contributed by atoms with van der Waals surface area (Å²) in [6.45, 7) is 0. The predicted molar refractivity (Wildman–Crippen MR) is 128 cm³/mol. The van der Waals surface area contributed by atoms with Crippen LogP contribution >= 0.6 is 23.2 Å². The monoisotopic (exact) mass is 494 g/mol. The molecule has 3 aromatic carbocycles. The molecule has 3 aromatic rings. The van der Waals surface area contributed by atoms with Crippen LogP contribution in [0.15, 0.2) is 78.9 Å². The number of fused-ring (bicyclic) bond motifs is 1. The predicted octanol–water partition coefficient (Wildman–Crippen LogP) is 4.51. The number of hydrogen-bond acceptors (Lipinski definition) is 5. The first-order valence-electron chi connectivity index (χ1n) is 10.7. The summed E-state index contributed by atoms with van der Waals surface area (Å²) in [5, 5.41) is 4.30. The fourth-order valence-electron chi connectivity index (χ4n) is 5.17. The lowest BCUT2D eigenvalue weighted by atomic mass is 9.75. The van der Waals surface area contributed by atoms with Crippen LogP contribution in [-0.4, -0.2) is 24.9 Å². The van der Waals surface area contributed by atoms with Gasteiger partial charge in [-0.2, -0.15) is 0 Å². The molecule has 0 unspecified atom stereocenters. The normalized spacial score (nSPS) is 26.0. The Morgan fingerprint density at radius 3 is 2.26 bits per heavy atom. The van der Waals surface area contributed by atoms with Gasteiger partial charge in [0.25, 0.3) is 0 Å². The summed E-state index contributed by atoms with van der Waals surface area (Å²) < 4.78 is 5.22. The van der Waals surface area contributed by atoms with E-state index in [1.807, 2.05) is 12.1 Å². The highest BCUT2D eigenvalue weighted by Gasteiger charge is 2.69. The number of methoxy groups -OCH3 is 1. The molecular weight excluding hydrogens is 475 g/mol.